The quantitative estimate of drug-likeness (QED) is 0.517. The van der Waals surface area contributed by atoms with E-state index >= 15 is 0 Å². The number of carbonyl (C=O) groups excluding carboxylic acids is 2. The lowest BCUT2D eigenvalue weighted by atomic mass is 10.1. The number of hydrogen-bond donors (Lipinski definition) is 1. The van der Waals surface area contributed by atoms with E-state index in [0.29, 0.717) is 43.3 Å². The van der Waals surface area contributed by atoms with Crippen LogP contribution in [0.5, 0.6) is 5.75 Å². The lowest BCUT2D eigenvalue weighted by molar-refractivity contribution is -0.137. The molecule has 1 heterocycles. The van der Waals surface area contributed by atoms with E-state index in [1.165, 1.54) is 6.08 Å². The van der Waals surface area contributed by atoms with Crippen molar-refractivity contribution < 1.29 is 19.1 Å². The number of anilines is 1. The van der Waals surface area contributed by atoms with Crippen LogP contribution >= 0.6 is 15.9 Å². The Morgan fingerprint density at radius 3 is 2.43 bits per heavy atom. The molecule has 8 heteroatoms. The number of hydrogen-bond acceptors (Lipinski definition) is 5. The highest BCUT2D eigenvalue weighted by Crippen LogP contribution is 2.17. The second kappa shape index (κ2) is 10.6. The molecular formula is C22H20BrN3O4. The van der Waals surface area contributed by atoms with Crippen molar-refractivity contribution in [3.05, 3.63) is 64.1 Å². The Morgan fingerprint density at radius 2 is 1.80 bits per heavy atom. The summed E-state index contributed by atoms with van der Waals surface area (Å²) < 4.78 is 11.7. The Balaban J connectivity index is 1.57. The third-order valence-corrected chi connectivity index (χ3v) is 4.91. The van der Waals surface area contributed by atoms with Gasteiger partial charge in [0.1, 0.15) is 17.4 Å². The van der Waals surface area contributed by atoms with Crippen LogP contribution in [0.4, 0.5) is 5.69 Å². The monoisotopic (exact) mass is 469 g/mol. The molecule has 0 aromatic heterocycles. The summed E-state index contributed by atoms with van der Waals surface area (Å²) in [6.45, 7) is 2.19. The van der Waals surface area contributed by atoms with E-state index < -0.39 is 5.91 Å². The topological polar surface area (TPSA) is 91.7 Å². The number of amides is 2. The maximum absolute atomic E-state index is 12.3. The van der Waals surface area contributed by atoms with Crippen LogP contribution in [0.15, 0.2) is 58.6 Å². The number of nitrogens with one attached hydrogen (secondary N) is 1. The maximum atomic E-state index is 12.3. The fraction of sp³-hybridized carbons (Fsp3) is 0.227. The van der Waals surface area contributed by atoms with Gasteiger partial charge in [0.05, 0.1) is 13.2 Å². The molecule has 0 aliphatic carbocycles. The van der Waals surface area contributed by atoms with Gasteiger partial charge in [0.2, 0.25) is 0 Å². The van der Waals surface area contributed by atoms with Crippen LogP contribution in [0, 0.1) is 11.3 Å². The zero-order valence-electron chi connectivity index (χ0n) is 16.1. The summed E-state index contributed by atoms with van der Waals surface area (Å²) in [5.41, 5.74) is 1.25. The minimum Gasteiger partial charge on any atom is -0.484 e. The van der Waals surface area contributed by atoms with E-state index in [2.05, 4.69) is 21.2 Å². The summed E-state index contributed by atoms with van der Waals surface area (Å²) in [5.74, 6) is -0.0403. The molecule has 0 atom stereocenters. The van der Waals surface area contributed by atoms with Gasteiger partial charge >= 0.3 is 0 Å². The predicted octanol–water partition coefficient (Wildman–Crippen LogP) is 3.23. The summed E-state index contributed by atoms with van der Waals surface area (Å²) >= 11 is 3.33. The number of morpholine rings is 1. The molecule has 0 bridgehead atoms. The van der Waals surface area contributed by atoms with Crippen LogP contribution in [0.3, 0.4) is 0 Å². The summed E-state index contributed by atoms with van der Waals surface area (Å²) in [6.07, 6.45) is 1.50. The average molecular weight is 470 g/mol. The van der Waals surface area contributed by atoms with Crippen LogP contribution in [0.2, 0.25) is 0 Å². The molecule has 1 aliphatic rings. The van der Waals surface area contributed by atoms with Crippen molar-refractivity contribution in [1.29, 1.82) is 5.26 Å². The summed E-state index contributed by atoms with van der Waals surface area (Å²) in [5, 5.41) is 12.0. The Labute approximate surface area is 183 Å². The molecule has 3 rings (SSSR count). The number of carbonyl (C=O) groups is 2. The Bertz CT molecular complexity index is 959. The highest BCUT2D eigenvalue weighted by atomic mass is 79.9. The van der Waals surface area contributed by atoms with Crippen molar-refractivity contribution in [3.8, 4) is 11.8 Å². The number of benzene rings is 2. The molecule has 0 unspecified atom stereocenters. The molecule has 0 radical (unpaired) electrons. The number of nitrogens with zero attached hydrogens (tertiary/aromatic N) is 2. The van der Waals surface area contributed by atoms with E-state index in [-0.39, 0.29) is 18.1 Å². The molecule has 0 spiro atoms. The van der Waals surface area contributed by atoms with E-state index in [9.17, 15) is 14.9 Å². The molecule has 7 nitrogen and oxygen atoms in total. The Hall–Kier alpha value is -3.15. The van der Waals surface area contributed by atoms with Gasteiger partial charge in [-0.2, -0.15) is 5.26 Å². The van der Waals surface area contributed by atoms with Crippen LogP contribution in [0.1, 0.15) is 5.56 Å². The average Bonchev–Trinajstić information content (AvgIpc) is 2.78. The largest absolute Gasteiger partial charge is 0.484 e. The maximum Gasteiger partial charge on any atom is 0.266 e. The van der Waals surface area contributed by atoms with Gasteiger partial charge in [0, 0.05) is 23.2 Å². The standard InChI is InChI=1S/C22H20BrN3O4/c23-18-3-5-19(6-4-18)25-22(28)17(14-24)13-16-1-7-20(8-2-16)30-15-21(27)26-9-11-29-12-10-26/h1-8,13H,9-12,15H2,(H,25,28)/b17-13-. The zero-order valence-corrected chi connectivity index (χ0v) is 17.7. The van der Waals surface area contributed by atoms with Gasteiger partial charge < -0.3 is 19.7 Å². The van der Waals surface area contributed by atoms with Crippen molar-refractivity contribution >= 4 is 39.5 Å². The third kappa shape index (κ3) is 6.17. The molecule has 2 aromatic carbocycles. The summed E-state index contributed by atoms with van der Waals surface area (Å²) in [7, 11) is 0. The molecule has 2 aromatic rings. The lowest BCUT2D eigenvalue weighted by Crippen LogP contribution is -2.42. The summed E-state index contributed by atoms with van der Waals surface area (Å²) in [6, 6.07) is 15.8. The zero-order chi connectivity index (χ0) is 21.3. The fourth-order valence-corrected chi connectivity index (χ4v) is 3.02. The van der Waals surface area contributed by atoms with E-state index in [4.69, 9.17) is 9.47 Å². The highest BCUT2D eigenvalue weighted by Gasteiger charge is 2.17. The smallest absolute Gasteiger partial charge is 0.266 e. The van der Waals surface area contributed by atoms with Crippen LogP contribution in [-0.4, -0.2) is 49.6 Å². The molecule has 1 N–H and O–H groups in total. The van der Waals surface area contributed by atoms with Crippen molar-refractivity contribution in [1.82, 2.24) is 4.90 Å². The minimum absolute atomic E-state index is 0.0194. The third-order valence-electron chi connectivity index (χ3n) is 4.38. The lowest BCUT2D eigenvalue weighted by Gasteiger charge is -2.26. The second-order valence-corrected chi connectivity index (χ2v) is 7.40. The first-order valence-electron chi connectivity index (χ1n) is 9.32. The van der Waals surface area contributed by atoms with Crippen molar-refractivity contribution in [2.45, 2.75) is 0 Å². The fourth-order valence-electron chi connectivity index (χ4n) is 2.76. The number of halogens is 1. The molecule has 1 saturated heterocycles. The van der Waals surface area contributed by atoms with E-state index in [1.807, 2.05) is 6.07 Å². The van der Waals surface area contributed by atoms with E-state index in [1.54, 1.807) is 53.4 Å². The van der Waals surface area contributed by atoms with Gasteiger partial charge in [-0.15, -0.1) is 0 Å². The second-order valence-electron chi connectivity index (χ2n) is 6.48. The molecule has 30 heavy (non-hydrogen) atoms. The first-order valence-corrected chi connectivity index (χ1v) is 10.1. The van der Waals surface area contributed by atoms with Gasteiger partial charge in [0.25, 0.3) is 11.8 Å². The molecule has 0 saturated carbocycles. The van der Waals surface area contributed by atoms with Gasteiger partial charge in [-0.25, -0.2) is 0 Å². The predicted molar refractivity (Wildman–Crippen MR) is 116 cm³/mol. The normalized spacial score (nSPS) is 14.0. The Morgan fingerprint density at radius 1 is 1.13 bits per heavy atom. The van der Waals surface area contributed by atoms with Crippen molar-refractivity contribution in [2.24, 2.45) is 0 Å². The van der Waals surface area contributed by atoms with Gasteiger partial charge in [-0.05, 0) is 48.0 Å². The highest BCUT2D eigenvalue weighted by molar-refractivity contribution is 9.10. The van der Waals surface area contributed by atoms with Gasteiger partial charge in [-0.1, -0.05) is 28.1 Å². The molecule has 154 valence electrons. The molecular weight excluding hydrogens is 450 g/mol. The minimum atomic E-state index is -0.490. The van der Waals surface area contributed by atoms with Gasteiger partial charge in [0.15, 0.2) is 6.61 Å². The molecule has 1 aliphatic heterocycles. The number of nitriles is 1. The molecule has 2 amide bonds. The van der Waals surface area contributed by atoms with Gasteiger partial charge in [-0.3, -0.25) is 9.59 Å². The van der Waals surface area contributed by atoms with Crippen molar-refractivity contribution in [3.63, 3.8) is 0 Å². The van der Waals surface area contributed by atoms with Crippen LogP contribution in [-0.2, 0) is 14.3 Å². The van der Waals surface area contributed by atoms with Crippen LogP contribution < -0.4 is 10.1 Å². The Kier molecular flexibility index (Phi) is 7.60. The first kappa shape index (κ1) is 21.6. The first-order chi connectivity index (χ1) is 14.5. The summed E-state index contributed by atoms with van der Waals surface area (Å²) in [4.78, 5) is 26.2. The SMILES string of the molecule is N#C/C(=C/c1ccc(OCC(=O)N2CCOCC2)cc1)C(=O)Nc1ccc(Br)cc1. The molecule has 1 fully saturated rings. The number of rotatable bonds is 6. The van der Waals surface area contributed by atoms with E-state index in [0.717, 1.165) is 4.47 Å². The van der Waals surface area contributed by atoms with Crippen LogP contribution in [0.25, 0.3) is 6.08 Å². The number of ether oxygens (including phenoxy) is 2. The van der Waals surface area contributed by atoms with Crippen molar-refractivity contribution in [2.75, 3.05) is 38.2 Å².